The van der Waals surface area contributed by atoms with Crippen LogP contribution in [0.15, 0.2) is 29.1 Å². The van der Waals surface area contributed by atoms with Gasteiger partial charge < -0.3 is 10.1 Å². The number of aliphatic carboxylic acids is 1. The number of H-pyrrole nitrogens is 1. The van der Waals surface area contributed by atoms with Gasteiger partial charge >= 0.3 is 5.97 Å². The average molecular weight is 231 g/mol. The fourth-order valence-electron chi connectivity index (χ4n) is 1.80. The normalized spacial score (nSPS) is 10.6. The monoisotopic (exact) mass is 231 g/mol. The van der Waals surface area contributed by atoms with Crippen LogP contribution >= 0.6 is 0 Å². The second-order valence-electron chi connectivity index (χ2n) is 4.11. The number of carboxylic acid groups (broad SMARTS) is 1. The van der Waals surface area contributed by atoms with Gasteiger partial charge in [-0.3, -0.25) is 9.59 Å². The van der Waals surface area contributed by atoms with Gasteiger partial charge in [0.2, 0.25) is 0 Å². The van der Waals surface area contributed by atoms with Crippen LogP contribution < -0.4 is 5.56 Å². The van der Waals surface area contributed by atoms with Gasteiger partial charge in [-0.15, -0.1) is 0 Å². The Kier molecular flexibility index (Phi) is 2.95. The molecule has 4 nitrogen and oxygen atoms in total. The highest BCUT2D eigenvalue weighted by Crippen LogP contribution is 2.13. The van der Waals surface area contributed by atoms with Crippen molar-refractivity contribution >= 4 is 16.9 Å². The molecule has 0 bridgehead atoms. The van der Waals surface area contributed by atoms with Gasteiger partial charge in [0, 0.05) is 17.5 Å². The molecular weight excluding hydrogens is 218 g/mol. The van der Waals surface area contributed by atoms with E-state index in [4.69, 9.17) is 5.11 Å². The summed E-state index contributed by atoms with van der Waals surface area (Å²) in [6.45, 7) is 1.97. The lowest BCUT2D eigenvalue weighted by Gasteiger charge is -2.03. The first-order valence-corrected chi connectivity index (χ1v) is 5.40. The van der Waals surface area contributed by atoms with Gasteiger partial charge in [0.05, 0.1) is 0 Å². The minimum atomic E-state index is -0.895. The van der Waals surface area contributed by atoms with Crippen LogP contribution in [-0.4, -0.2) is 16.1 Å². The number of benzene rings is 1. The Morgan fingerprint density at radius 2 is 2.12 bits per heavy atom. The van der Waals surface area contributed by atoms with Crippen LogP contribution in [0.25, 0.3) is 10.9 Å². The number of nitrogens with one attached hydrogen (secondary N) is 1. The van der Waals surface area contributed by atoms with Crippen molar-refractivity contribution in [1.29, 1.82) is 0 Å². The molecule has 88 valence electrons. The summed E-state index contributed by atoms with van der Waals surface area (Å²) in [5.41, 5.74) is 2.20. The van der Waals surface area contributed by atoms with Crippen LogP contribution in [0.2, 0.25) is 0 Å². The Morgan fingerprint density at radius 3 is 2.82 bits per heavy atom. The molecular formula is C13H13NO3. The third-order valence-corrected chi connectivity index (χ3v) is 2.68. The van der Waals surface area contributed by atoms with Crippen molar-refractivity contribution in [3.05, 3.63) is 45.7 Å². The van der Waals surface area contributed by atoms with E-state index in [1.807, 2.05) is 25.1 Å². The van der Waals surface area contributed by atoms with E-state index in [9.17, 15) is 9.59 Å². The number of hydrogen-bond donors (Lipinski definition) is 2. The average Bonchev–Trinajstić information content (AvgIpc) is 2.26. The summed E-state index contributed by atoms with van der Waals surface area (Å²) in [5, 5.41) is 9.55. The molecule has 0 fully saturated rings. The van der Waals surface area contributed by atoms with E-state index in [1.54, 1.807) is 6.07 Å². The minimum absolute atomic E-state index is 0.0274. The molecule has 17 heavy (non-hydrogen) atoms. The predicted octanol–water partition coefficient (Wildman–Crippen LogP) is 1.85. The van der Waals surface area contributed by atoms with E-state index >= 15 is 0 Å². The number of carboxylic acids is 1. The first-order valence-electron chi connectivity index (χ1n) is 5.40. The molecule has 0 aliphatic heterocycles. The molecule has 0 saturated carbocycles. The molecule has 0 aliphatic rings. The molecule has 1 heterocycles. The third kappa shape index (κ3) is 2.53. The van der Waals surface area contributed by atoms with E-state index in [2.05, 4.69) is 4.98 Å². The molecule has 0 radical (unpaired) electrons. The maximum absolute atomic E-state index is 11.7. The number of carbonyl (C=O) groups is 1. The van der Waals surface area contributed by atoms with Crippen LogP contribution in [0.5, 0.6) is 0 Å². The van der Waals surface area contributed by atoms with Crippen molar-refractivity contribution in [3.63, 3.8) is 0 Å². The molecule has 0 aliphatic carbocycles. The molecule has 0 saturated heterocycles. The molecule has 2 rings (SSSR count). The largest absolute Gasteiger partial charge is 0.481 e. The van der Waals surface area contributed by atoms with Crippen LogP contribution in [0.1, 0.15) is 17.5 Å². The molecule has 0 spiro atoms. The third-order valence-electron chi connectivity index (χ3n) is 2.68. The molecule has 2 N–H and O–H groups in total. The van der Waals surface area contributed by atoms with Gasteiger partial charge in [-0.05, 0) is 36.9 Å². The van der Waals surface area contributed by atoms with Gasteiger partial charge in [0.1, 0.15) is 0 Å². The lowest BCUT2D eigenvalue weighted by Crippen LogP contribution is -2.13. The number of aromatic nitrogens is 1. The summed E-state index contributed by atoms with van der Waals surface area (Å²) < 4.78 is 0. The van der Waals surface area contributed by atoms with Crippen LogP contribution in [0.3, 0.4) is 0 Å². The van der Waals surface area contributed by atoms with E-state index < -0.39 is 5.97 Å². The zero-order chi connectivity index (χ0) is 12.4. The van der Waals surface area contributed by atoms with Gasteiger partial charge in [-0.2, -0.15) is 0 Å². The number of pyridine rings is 1. The van der Waals surface area contributed by atoms with E-state index in [1.165, 1.54) is 0 Å². The van der Waals surface area contributed by atoms with Crippen molar-refractivity contribution in [2.75, 3.05) is 0 Å². The lowest BCUT2D eigenvalue weighted by atomic mass is 10.1. The Hall–Kier alpha value is -2.10. The summed E-state index contributed by atoms with van der Waals surface area (Å²) in [4.78, 5) is 24.9. The Morgan fingerprint density at radius 1 is 1.35 bits per heavy atom. The number of fused-ring (bicyclic) bond motifs is 1. The molecule has 4 heteroatoms. The fourth-order valence-corrected chi connectivity index (χ4v) is 1.80. The minimum Gasteiger partial charge on any atom is -0.481 e. The zero-order valence-corrected chi connectivity index (χ0v) is 9.49. The van der Waals surface area contributed by atoms with Gasteiger partial charge in [-0.25, -0.2) is 0 Å². The van der Waals surface area contributed by atoms with Gasteiger partial charge in [-0.1, -0.05) is 11.6 Å². The number of aryl methyl sites for hydroxylation is 2. The lowest BCUT2D eigenvalue weighted by molar-refractivity contribution is -0.136. The number of hydrogen-bond acceptors (Lipinski definition) is 2. The maximum atomic E-state index is 11.7. The molecule has 1 aromatic carbocycles. The molecule has 1 aromatic heterocycles. The molecule has 0 amide bonds. The summed E-state index contributed by atoms with van der Waals surface area (Å²) in [6.07, 6.45) is 0.231. The Bertz CT molecular complexity index is 628. The van der Waals surface area contributed by atoms with Crippen molar-refractivity contribution in [2.24, 2.45) is 0 Å². The van der Waals surface area contributed by atoms with Gasteiger partial charge in [0.15, 0.2) is 0 Å². The summed E-state index contributed by atoms with van der Waals surface area (Å²) in [5.74, 6) is -0.895. The zero-order valence-electron chi connectivity index (χ0n) is 9.49. The van der Waals surface area contributed by atoms with Crippen molar-refractivity contribution in [3.8, 4) is 0 Å². The summed E-state index contributed by atoms with van der Waals surface area (Å²) >= 11 is 0. The smallest absolute Gasteiger partial charge is 0.303 e. The van der Waals surface area contributed by atoms with Crippen LogP contribution in [0.4, 0.5) is 0 Å². The fraction of sp³-hybridized carbons (Fsp3) is 0.231. The van der Waals surface area contributed by atoms with Crippen molar-refractivity contribution in [2.45, 2.75) is 19.8 Å². The van der Waals surface area contributed by atoms with Crippen molar-refractivity contribution < 1.29 is 9.90 Å². The quantitative estimate of drug-likeness (QED) is 0.846. The van der Waals surface area contributed by atoms with Gasteiger partial charge in [0.25, 0.3) is 5.56 Å². The predicted molar refractivity (Wildman–Crippen MR) is 65.3 cm³/mol. The van der Waals surface area contributed by atoms with Crippen LogP contribution in [-0.2, 0) is 11.2 Å². The molecule has 2 aromatic rings. The number of rotatable bonds is 3. The summed E-state index contributed by atoms with van der Waals surface area (Å²) in [7, 11) is 0. The number of aromatic amines is 1. The summed E-state index contributed by atoms with van der Waals surface area (Å²) in [6, 6.07) is 7.52. The first-order chi connectivity index (χ1) is 8.06. The van der Waals surface area contributed by atoms with E-state index in [-0.39, 0.29) is 18.4 Å². The topological polar surface area (TPSA) is 70.2 Å². The van der Waals surface area contributed by atoms with E-state index in [0.29, 0.717) is 5.56 Å². The first kappa shape index (κ1) is 11.4. The maximum Gasteiger partial charge on any atom is 0.303 e. The van der Waals surface area contributed by atoms with E-state index in [0.717, 1.165) is 16.5 Å². The highest BCUT2D eigenvalue weighted by atomic mass is 16.4. The highest BCUT2D eigenvalue weighted by molar-refractivity contribution is 5.79. The standard InChI is InChI=1S/C13H13NO3/c1-8-2-4-11-10(6-8)7-9(13(17)14-11)3-5-12(15)16/h2,4,6-7H,3,5H2,1H3,(H,14,17)(H,15,16). The second kappa shape index (κ2) is 4.41. The Balaban J connectivity index is 2.46. The molecule has 0 atom stereocenters. The SMILES string of the molecule is Cc1ccc2[nH]c(=O)c(CCC(=O)O)cc2c1. The van der Waals surface area contributed by atoms with Crippen LogP contribution in [0, 0.1) is 6.92 Å². The molecule has 0 unspecified atom stereocenters. The van der Waals surface area contributed by atoms with Crippen molar-refractivity contribution in [1.82, 2.24) is 4.98 Å². The highest BCUT2D eigenvalue weighted by Gasteiger charge is 2.05. The second-order valence-corrected chi connectivity index (χ2v) is 4.11. The Labute approximate surface area is 97.9 Å².